The maximum Gasteiger partial charge on any atom is 0.290 e. The normalized spacial score (nSPS) is 10.2. The highest BCUT2D eigenvalue weighted by Crippen LogP contribution is 2.40. The largest absolute Gasteiger partial charge is 0.363 e. The quantitative estimate of drug-likeness (QED) is 0.320. The van der Waals surface area contributed by atoms with Crippen molar-refractivity contribution in [1.82, 2.24) is 9.80 Å². The minimum absolute atomic E-state index is 0.230. The highest BCUT2D eigenvalue weighted by molar-refractivity contribution is 8.23. The predicted octanol–water partition coefficient (Wildman–Crippen LogP) is 3.38. The molecule has 0 aliphatic heterocycles. The standard InChI is InChI=1S/C12H14N4O4S4/c1-13(2)11(21)23-9-6-10(24-12(22)14(3)4)8(16(19)20)5-7(9)15(17)18/h5-6H,1-4H3. The molecule has 8 nitrogen and oxygen atoms in total. The van der Waals surface area contributed by atoms with Gasteiger partial charge in [-0.1, -0.05) is 48.0 Å². The van der Waals surface area contributed by atoms with Crippen LogP contribution in [0, 0.1) is 20.2 Å². The molecule has 130 valence electrons. The highest BCUT2D eigenvalue weighted by atomic mass is 32.2. The van der Waals surface area contributed by atoms with Gasteiger partial charge in [0.2, 0.25) is 0 Å². The van der Waals surface area contributed by atoms with Crippen molar-refractivity contribution in [3.8, 4) is 0 Å². The third-order valence-electron chi connectivity index (χ3n) is 2.56. The topological polar surface area (TPSA) is 92.8 Å². The van der Waals surface area contributed by atoms with E-state index < -0.39 is 9.85 Å². The zero-order chi connectivity index (χ0) is 18.6. The lowest BCUT2D eigenvalue weighted by Gasteiger charge is -2.15. The van der Waals surface area contributed by atoms with Crippen LogP contribution >= 0.6 is 48.0 Å². The Kier molecular flexibility index (Phi) is 7.32. The van der Waals surface area contributed by atoms with E-state index in [2.05, 4.69) is 0 Å². The molecule has 1 aromatic rings. The monoisotopic (exact) mass is 406 g/mol. The van der Waals surface area contributed by atoms with Crippen molar-refractivity contribution in [2.45, 2.75) is 9.79 Å². The van der Waals surface area contributed by atoms with Crippen molar-refractivity contribution in [3.63, 3.8) is 0 Å². The first-order valence-corrected chi connectivity index (χ1v) is 8.74. The Hall–Kier alpha value is -1.50. The Morgan fingerprint density at radius 3 is 1.46 bits per heavy atom. The number of thiocarbonyl (C=S) groups is 2. The lowest BCUT2D eigenvalue weighted by atomic mass is 10.3. The Balaban J connectivity index is 3.45. The summed E-state index contributed by atoms with van der Waals surface area (Å²) in [5.74, 6) is 0. The van der Waals surface area contributed by atoms with E-state index in [4.69, 9.17) is 24.4 Å². The average Bonchev–Trinajstić information content (AvgIpc) is 2.46. The first-order chi connectivity index (χ1) is 11.0. The second kappa shape index (κ2) is 8.55. The molecule has 0 fully saturated rings. The molecule has 12 heteroatoms. The van der Waals surface area contributed by atoms with E-state index in [1.807, 2.05) is 0 Å². The van der Waals surface area contributed by atoms with Gasteiger partial charge in [-0.3, -0.25) is 20.2 Å². The molecule has 0 saturated heterocycles. The number of nitro benzene ring substituents is 2. The second-order valence-electron chi connectivity index (χ2n) is 4.83. The third kappa shape index (κ3) is 5.26. The van der Waals surface area contributed by atoms with Gasteiger partial charge in [0.15, 0.2) is 0 Å². The van der Waals surface area contributed by atoms with Crippen molar-refractivity contribution in [2.75, 3.05) is 28.2 Å². The summed E-state index contributed by atoms with van der Waals surface area (Å²) in [6, 6.07) is 2.33. The smallest absolute Gasteiger partial charge is 0.290 e. The van der Waals surface area contributed by atoms with E-state index in [9.17, 15) is 20.2 Å². The third-order valence-corrected chi connectivity index (χ3v) is 5.96. The van der Waals surface area contributed by atoms with Gasteiger partial charge in [0.25, 0.3) is 11.4 Å². The van der Waals surface area contributed by atoms with Gasteiger partial charge in [-0.25, -0.2) is 0 Å². The molecule has 0 unspecified atom stereocenters. The summed E-state index contributed by atoms with van der Waals surface area (Å²) in [6.45, 7) is 0. The molecule has 0 saturated carbocycles. The van der Waals surface area contributed by atoms with Gasteiger partial charge in [0.05, 0.1) is 25.7 Å². The van der Waals surface area contributed by atoms with Crippen LogP contribution in [0.1, 0.15) is 0 Å². The molecule has 0 aliphatic rings. The van der Waals surface area contributed by atoms with Crippen LogP contribution < -0.4 is 0 Å². The zero-order valence-corrected chi connectivity index (χ0v) is 16.5. The Morgan fingerprint density at radius 1 is 0.875 bits per heavy atom. The number of hydrogen-bond acceptors (Lipinski definition) is 8. The second-order valence-corrected chi connectivity index (χ2v) is 8.18. The highest BCUT2D eigenvalue weighted by Gasteiger charge is 2.27. The Bertz CT molecular complexity index is 653. The summed E-state index contributed by atoms with van der Waals surface area (Å²) in [4.78, 5) is 24.9. The number of hydrogen-bond donors (Lipinski definition) is 0. The van der Waals surface area contributed by atoms with Crippen LogP contribution in [-0.2, 0) is 0 Å². The summed E-state index contributed by atoms with van der Waals surface area (Å²) >= 11 is 12.3. The van der Waals surface area contributed by atoms with Crippen LogP contribution in [0.3, 0.4) is 0 Å². The average molecular weight is 407 g/mol. The van der Waals surface area contributed by atoms with E-state index in [1.54, 1.807) is 38.0 Å². The summed E-state index contributed by atoms with van der Waals surface area (Å²) in [7, 11) is 6.85. The Labute approximate surface area is 157 Å². The van der Waals surface area contributed by atoms with Gasteiger partial charge >= 0.3 is 0 Å². The van der Waals surface area contributed by atoms with Crippen LogP contribution in [-0.4, -0.2) is 56.5 Å². The van der Waals surface area contributed by atoms with Crippen molar-refractivity contribution >= 4 is 68.0 Å². The first-order valence-electron chi connectivity index (χ1n) is 6.29. The molecule has 0 aromatic heterocycles. The van der Waals surface area contributed by atoms with Crippen molar-refractivity contribution < 1.29 is 9.85 Å². The van der Waals surface area contributed by atoms with Crippen LogP contribution in [0.4, 0.5) is 11.4 Å². The number of benzene rings is 1. The molecular weight excluding hydrogens is 392 g/mol. The summed E-state index contributed by atoms with van der Waals surface area (Å²) in [5.41, 5.74) is -0.730. The van der Waals surface area contributed by atoms with E-state index >= 15 is 0 Å². The molecule has 1 rings (SSSR count). The molecule has 0 N–H and O–H groups in total. The molecule has 0 radical (unpaired) electrons. The zero-order valence-electron chi connectivity index (χ0n) is 13.2. The summed E-state index contributed by atoms with van der Waals surface area (Å²) < 4.78 is 0.802. The molecule has 0 atom stereocenters. The van der Waals surface area contributed by atoms with Gasteiger partial charge in [-0.15, -0.1) is 0 Å². The van der Waals surface area contributed by atoms with Crippen molar-refractivity contribution in [2.24, 2.45) is 0 Å². The lowest BCUT2D eigenvalue weighted by Crippen LogP contribution is -2.16. The predicted molar refractivity (Wildman–Crippen MR) is 104 cm³/mol. The Morgan fingerprint density at radius 2 is 1.21 bits per heavy atom. The molecular formula is C12H14N4O4S4. The molecule has 0 bridgehead atoms. The molecule has 0 aliphatic carbocycles. The number of nitro groups is 2. The first kappa shape index (κ1) is 20.5. The molecule has 24 heavy (non-hydrogen) atoms. The summed E-state index contributed by atoms with van der Waals surface area (Å²) in [6.07, 6.45) is 0. The minimum atomic E-state index is -0.660. The van der Waals surface area contributed by atoms with Gasteiger partial charge in [-0.05, 0) is 6.07 Å². The maximum absolute atomic E-state index is 11.3. The number of rotatable bonds is 4. The molecule has 0 spiro atoms. The van der Waals surface area contributed by atoms with Gasteiger partial charge in [0, 0.05) is 28.2 Å². The van der Waals surface area contributed by atoms with Crippen LogP contribution in [0.5, 0.6) is 0 Å². The maximum atomic E-state index is 11.3. The van der Waals surface area contributed by atoms with Crippen molar-refractivity contribution in [1.29, 1.82) is 0 Å². The van der Waals surface area contributed by atoms with E-state index in [-0.39, 0.29) is 21.2 Å². The molecule has 0 heterocycles. The summed E-state index contributed by atoms with van der Waals surface area (Å²) in [5, 5.41) is 22.5. The van der Waals surface area contributed by atoms with Crippen molar-refractivity contribution in [3.05, 3.63) is 32.4 Å². The number of thioether (sulfide) groups is 2. The van der Waals surface area contributed by atoms with Gasteiger partial charge < -0.3 is 9.80 Å². The fourth-order valence-electron chi connectivity index (χ4n) is 1.36. The van der Waals surface area contributed by atoms with Crippen LogP contribution in [0.25, 0.3) is 0 Å². The number of nitrogens with zero attached hydrogens (tertiary/aromatic N) is 4. The molecule has 0 amide bonds. The van der Waals surface area contributed by atoms with E-state index in [1.165, 1.54) is 6.07 Å². The minimum Gasteiger partial charge on any atom is -0.363 e. The SMILES string of the molecule is CN(C)C(=S)Sc1cc(SC(=S)N(C)C)c([N+](=O)[O-])cc1[N+](=O)[O-]. The van der Waals surface area contributed by atoms with E-state index in [0.717, 1.165) is 29.6 Å². The van der Waals surface area contributed by atoms with Gasteiger partial charge in [-0.2, -0.15) is 0 Å². The molecule has 1 aromatic carbocycles. The van der Waals surface area contributed by atoms with Crippen LogP contribution in [0.15, 0.2) is 21.9 Å². The fraction of sp³-hybridized carbons (Fsp3) is 0.333. The van der Waals surface area contributed by atoms with Crippen LogP contribution in [0.2, 0.25) is 0 Å². The lowest BCUT2D eigenvalue weighted by molar-refractivity contribution is -0.397. The van der Waals surface area contributed by atoms with Gasteiger partial charge in [0.1, 0.15) is 8.64 Å². The van der Waals surface area contributed by atoms with E-state index in [0.29, 0.717) is 8.64 Å². The fourth-order valence-corrected chi connectivity index (χ4v) is 3.54.